The molecule has 27 heavy (non-hydrogen) atoms. The molecule has 9 heteroatoms. The number of hydrogen-bond acceptors (Lipinski definition) is 4. The Balaban J connectivity index is 1.71. The number of rotatable bonds is 4. The molecule has 1 aromatic heterocycles. The summed E-state index contributed by atoms with van der Waals surface area (Å²) in [5.74, 6) is -0.501. The van der Waals surface area contributed by atoms with Gasteiger partial charge in [0.25, 0.3) is 5.56 Å². The van der Waals surface area contributed by atoms with Crippen molar-refractivity contribution in [1.29, 1.82) is 0 Å². The Kier molecular flexibility index (Phi) is 5.48. The Morgan fingerprint density at radius 3 is 2.41 bits per heavy atom. The molecule has 0 aliphatic carbocycles. The summed E-state index contributed by atoms with van der Waals surface area (Å²) in [6.45, 7) is 1.45. The van der Waals surface area contributed by atoms with E-state index in [2.05, 4.69) is 10.2 Å². The number of piperazine rings is 1. The minimum atomic E-state index is -4.33. The summed E-state index contributed by atoms with van der Waals surface area (Å²) in [6.07, 6.45) is -5.98. The normalized spacial score (nSPS) is 15.1. The Labute approximate surface area is 153 Å². The number of benzene rings is 1. The molecule has 144 valence electrons. The van der Waals surface area contributed by atoms with Crippen molar-refractivity contribution in [1.82, 2.24) is 15.1 Å². The van der Waals surface area contributed by atoms with Crippen molar-refractivity contribution in [3.63, 3.8) is 0 Å². The molecule has 2 aromatic rings. The predicted molar refractivity (Wildman–Crippen MR) is 94.4 cm³/mol. The molecule has 1 N–H and O–H groups in total. The van der Waals surface area contributed by atoms with E-state index in [0.717, 1.165) is 5.56 Å². The summed E-state index contributed by atoms with van der Waals surface area (Å²) < 4.78 is 36.9. The number of nitrogens with one attached hydrogen (secondary N) is 1. The Morgan fingerprint density at radius 1 is 1.11 bits per heavy atom. The van der Waals surface area contributed by atoms with E-state index >= 15 is 0 Å². The van der Waals surface area contributed by atoms with Gasteiger partial charge in [-0.2, -0.15) is 18.3 Å². The first-order chi connectivity index (χ1) is 12.8. The van der Waals surface area contributed by atoms with Crippen molar-refractivity contribution in [3.8, 4) is 11.3 Å². The summed E-state index contributed by atoms with van der Waals surface area (Å²) in [5, 5.41) is 6.58. The van der Waals surface area contributed by atoms with Gasteiger partial charge in [0.05, 0.1) is 12.1 Å². The Hall–Kier alpha value is -2.84. The fraction of sp³-hybridized carbons (Fsp3) is 0.389. The van der Waals surface area contributed by atoms with Crippen LogP contribution in [-0.4, -0.2) is 53.4 Å². The number of amides is 1. The van der Waals surface area contributed by atoms with Gasteiger partial charge in [-0.05, 0) is 0 Å². The van der Waals surface area contributed by atoms with Crippen molar-refractivity contribution in [2.75, 3.05) is 31.1 Å². The maximum atomic E-state index is 12.3. The van der Waals surface area contributed by atoms with Crippen LogP contribution in [0.1, 0.15) is 12.8 Å². The first-order valence-corrected chi connectivity index (χ1v) is 8.58. The molecule has 2 heterocycles. The predicted octanol–water partition coefficient (Wildman–Crippen LogP) is 2.43. The molecule has 1 aliphatic rings. The molecule has 0 saturated carbocycles. The lowest BCUT2D eigenvalue weighted by atomic mass is 10.1. The third kappa shape index (κ3) is 4.87. The van der Waals surface area contributed by atoms with Crippen LogP contribution in [0.2, 0.25) is 0 Å². The number of nitrogens with zero attached hydrogens (tertiary/aromatic N) is 3. The van der Waals surface area contributed by atoms with E-state index in [1.807, 2.05) is 35.2 Å². The molecule has 0 radical (unpaired) electrons. The molecular formula is C18H19F3N4O2. The van der Waals surface area contributed by atoms with Crippen LogP contribution >= 0.6 is 0 Å². The van der Waals surface area contributed by atoms with Crippen LogP contribution in [0.3, 0.4) is 0 Å². The van der Waals surface area contributed by atoms with Gasteiger partial charge in [0.2, 0.25) is 5.91 Å². The van der Waals surface area contributed by atoms with Crippen LogP contribution in [0, 0.1) is 0 Å². The second-order valence-corrected chi connectivity index (χ2v) is 6.32. The van der Waals surface area contributed by atoms with E-state index in [0.29, 0.717) is 37.6 Å². The Morgan fingerprint density at radius 2 is 1.78 bits per heavy atom. The number of H-pyrrole nitrogens is 1. The topological polar surface area (TPSA) is 69.3 Å². The van der Waals surface area contributed by atoms with E-state index in [-0.39, 0.29) is 5.56 Å². The van der Waals surface area contributed by atoms with Crippen LogP contribution in [-0.2, 0) is 4.79 Å². The number of anilines is 1. The molecule has 6 nitrogen and oxygen atoms in total. The second-order valence-electron chi connectivity index (χ2n) is 6.32. The maximum Gasteiger partial charge on any atom is 0.389 e. The summed E-state index contributed by atoms with van der Waals surface area (Å²) in [4.78, 5) is 27.1. The van der Waals surface area contributed by atoms with Gasteiger partial charge in [0, 0.05) is 44.2 Å². The van der Waals surface area contributed by atoms with Gasteiger partial charge in [0.15, 0.2) is 0 Å². The maximum absolute atomic E-state index is 12.3. The van der Waals surface area contributed by atoms with E-state index in [1.54, 1.807) is 0 Å². The average Bonchev–Trinajstić information content (AvgIpc) is 2.66. The number of alkyl halides is 3. The molecule has 1 saturated heterocycles. The number of halogens is 3. The van der Waals surface area contributed by atoms with Gasteiger partial charge in [-0.15, -0.1) is 0 Å². The zero-order chi connectivity index (χ0) is 19.4. The van der Waals surface area contributed by atoms with Crippen LogP contribution in [0.5, 0.6) is 0 Å². The highest BCUT2D eigenvalue weighted by Crippen LogP contribution is 2.28. The Bertz CT molecular complexity index is 844. The largest absolute Gasteiger partial charge is 0.389 e. The minimum absolute atomic E-state index is 0.303. The molecule has 1 aromatic carbocycles. The first-order valence-electron chi connectivity index (χ1n) is 8.58. The number of hydrogen-bond donors (Lipinski definition) is 1. The lowest BCUT2D eigenvalue weighted by Gasteiger charge is -2.36. The van der Waals surface area contributed by atoms with Gasteiger partial charge in [0.1, 0.15) is 5.69 Å². The zero-order valence-electron chi connectivity index (χ0n) is 14.5. The van der Waals surface area contributed by atoms with Crippen LogP contribution in [0.15, 0.2) is 41.2 Å². The quantitative estimate of drug-likeness (QED) is 0.885. The van der Waals surface area contributed by atoms with Crippen molar-refractivity contribution < 1.29 is 18.0 Å². The number of carbonyl (C=O) groups excluding carboxylic acids is 1. The van der Waals surface area contributed by atoms with Crippen molar-refractivity contribution >= 4 is 11.6 Å². The smallest absolute Gasteiger partial charge is 0.366 e. The van der Waals surface area contributed by atoms with Gasteiger partial charge < -0.3 is 9.80 Å². The third-order valence-corrected chi connectivity index (χ3v) is 4.43. The summed E-state index contributed by atoms with van der Waals surface area (Å²) in [6, 6.07) is 10.8. The molecule has 0 unspecified atom stereocenters. The summed E-state index contributed by atoms with van der Waals surface area (Å²) in [5.41, 5.74) is 1.76. The van der Waals surface area contributed by atoms with Crippen LogP contribution in [0.4, 0.5) is 18.9 Å². The molecule has 3 rings (SSSR count). The molecule has 0 atom stereocenters. The standard InChI is InChI=1S/C18H19F3N4O2/c19-18(20,21)7-6-16(27)25-10-8-24(9-11-25)14-12-15(26)22-23-17(14)13-4-2-1-3-5-13/h1-5,12H,6-11H2,(H,22,26). The van der Waals surface area contributed by atoms with Crippen LogP contribution in [0.25, 0.3) is 11.3 Å². The number of aromatic amines is 1. The van der Waals surface area contributed by atoms with E-state index in [1.165, 1.54) is 11.0 Å². The van der Waals surface area contributed by atoms with Gasteiger partial charge in [-0.25, -0.2) is 5.10 Å². The van der Waals surface area contributed by atoms with Gasteiger partial charge >= 0.3 is 6.18 Å². The minimum Gasteiger partial charge on any atom is -0.366 e. The van der Waals surface area contributed by atoms with Crippen molar-refractivity contribution in [2.24, 2.45) is 0 Å². The molecule has 0 bridgehead atoms. The van der Waals surface area contributed by atoms with Crippen molar-refractivity contribution in [3.05, 3.63) is 46.8 Å². The van der Waals surface area contributed by atoms with Gasteiger partial charge in [-0.1, -0.05) is 30.3 Å². The number of aromatic nitrogens is 2. The van der Waals surface area contributed by atoms with E-state index in [9.17, 15) is 22.8 Å². The number of carbonyl (C=O) groups is 1. The monoisotopic (exact) mass is 380 g/mol. The zero-order valence-corrected chi connectivity index (χ0v) is 14.5. The lowest BCUT2D eigenvalue weighted by Crippen LogP contribution is -2.49. The highest BCUT2D eigenvalue weighted by atomic mass is 19.4. The van der Waals surface area contributed by atoms with E-state index < -0.39 is 24.9 Å². The van der Waals surface area contributed by atoms with Gasteiger partial charge in [-0.3, -0.25) is 9.59 Å². The highest BCUT2D eigenvalue weighted by molar-refractivity contribution is 5.77. The second kappa shape index (κ2) is 7.81. The molecule has 1 fully saturated rings. The lowest BCUT2D eigenvalue weighted by molar-refractivity contribution is -0.149. The fourth-order valence-electron chi connectivity index (χ4n) is 3.05. The van der Waals surface area contributed by atoms with Crippen molar-refractivity contribution in [2.45, 2.75) is 19.0 Å². The average molecular weight is 380 g/mol. The highest BCUT2D eigenvalue weighted by Gasteiger charge is 2.30. The van der Waals surface area contributed by atoms with E-state index in [4.69, 9.17) is 0 Å². The molecule has 0 spiro atoms. The first kappa shape index (κ1) is 18.9. The molecule has 1 aliphatic heterocycles. The summed E-state index contributed by atoms with van der Waals surface area (Å²) in [7, 11) is 0. The SMILES string of the molecule is O=C(CCC(F)(F)F)N1CCN(c2cc(=O)[nH]nc2-c2ccccc2)CC1. The fourth-order valence-corrected chi connectivity index (χ4v) is 3.05. The van der Waals surface area contributed by atoms with Crippen LogP contribution < -0.4 is 10.5 Å². The summed E-state index contributed by atoms with van der Waals surface area (Å²) >= 11 is 0. The molecule has 1 amide bonds. The third-order valence-electron chi connectivity index (χ3n) is 4.43. The molecular weight excluding hydrogens is 361 g/mol.